The van der Waals surface area contributed by atoms with Crippen molar-refractivity contribution in [2.75, 3.05) is 6.54 Å². The number of rotatable bonds is 4. The van der Waals surface area contributed by atoms with Crippen LogP contribution in [0.5, 0.6) is 0 Å². The van der Waals surface area contributed by atoms with Crippen LogP contribution < -0.4 is 11.1 Å². The molecule has 1 aromatic heterocycles. The van der Waals surface area contributed by atoms with Gasteiger partial charge in [0, 0.05) is 18.8 Å². The molecule has 0 aromatic carbocycles. The molecule has 0 saturated heterocycles. The van der Waals surface area contributed by atoms with Crippen LogP contribution in [-0.2, 0) is 0 Å². The van der Waals surface area contributed by atoms with Crippen molar-refractivity contribution in [2.45, 2.75) is 40.2 Å². The minimum absolute atomic E-state index is 0.0297. The molecule has 0 fully saturated rings. The summed E-state index contributed by atoms with van der Waals surface area (Å²) in [5.41, 5.74) is 7.51. The average molecular weight is 249 g/mol. The van der Waals surface area contributed by atoms with Crippen molar-refractivity contribution in [3.63, 3.8) is 0 Å². The predicted molar refractivity (Wildman–Crippen MR) is 73.4 cm³/mol. The molecule has 0 spiro atoms. The summed E-state index contributed by atoms with van der Waals surface area (Å²) in [6, 6.07) is 3.66. The third-order valence-electron chi connectivity index (χ3n) is 2.62. The van der Waals surface area contributed by atoms with E-state index in [0.29, 0.717) is 12.2 Å². The minimum atomic E-state index is -0.155. The fourth-order valence-electron chi connectivity index (χ4n) is 1.89. The lowest BCUT2D eigenvalue weighted by molar-refractivity contribution is 0.0943. The molecule has 0 radical (unpaired) electrons. The molecule has 18 heavy (non-hydrogen) atoms. The number of aryl methyl sites for hydroxylation is 1. The molecule has 1 atom stereocenters. The van der Waals surface area contributed by atoms with Crippen molar-refractivity contribution < 1.29 is 4.79 Å². The fraction of sp³-hybridized carbons (Fsp3) is 0.571. The second-order valence-corrected chi connectivity index (χ2v) is 5.90. The third-order valence-corrected chi connectivity index (χ3v) is 2.62. The molecule has 3 N–H and O–H groups in total. The second kappa shape index (κ2) is 5.96. The van der Waals surface area contributed by atoms with Crippen LogP contribution in [-0.4, -0.2) is 23.5 Å². The van der Waals surface area contributed by atoms with Crippen molar-refractivity contribution in [3.05, 3.63) is 29.6 Å². The zero-order valence-corrected chi connectivity index (χ0v) is 11.7. The van der Waals surface area contributed by atoms with Gasteiger partial charge in [-0.2, -0.15) is 0 Å². The van der Waals surface area contributed by atoms with Gasteiger partial charge in [-0.3, -0.25) is 9.78 Å². The Bertz CT molecular complexity index is 410. The van der Waals surface area contributed by atoms with Crippen LogP contribution in [0.3, 0.4) is 0 Å². The second-order valence-electron chi connectivity index (χ2n) is 5.90. The summed E-state index contributed by atoms with van der Waals surface area (Å²) < 4.78 is 0. The van der Waals surface area contributed by atoms with E-state index in [9.17, 15) is 4.79 Å². The van der Waals surface area contributed by atoms with Gasteiger partial charge in [-0.25, -0.2) is 0 Å². The molecule has 1 unspecified atom stereocenters. The van der Waals surface area contributed by atoms with E-state index in [1.165, 1.54) is 0 Å². The van der Waals surface area contributed by atoms with Gasteiger partial charge in [-0.15, -0.1) is 0 Å². The van der Waals surface area contributed by atoms with Gasteiger partial charge in [-0.05, 0) is 30.4 Å². The molecule has 1 aromatic rings. The lowest BCUT2D eigenvalue weighted by atomic mass is 9.88. The summed E-state index contributed by atoms with van der Waals surface area (Å²) in [6.45, 7) is 8.76. The maximum Gasteiger partial charge on any atom is 0.270 e. The Hall–Kier alpha value is -1.42. The number of hydrogen-bond acceptors (Lipinski definition) is 3. The number of carbonyl (C=O) groups is 1. The van der Waals surface area contributed by atoms with Crippen LogP contribution in [0.2, 0.25) is 0 Å². The van der Waals surface area contributed by atoms with Gasteiger partial charge < -0.3 is 11.1 Å². The number of carbonyl (C=O) groups excluding carboxylic acids is 1. The highest BCUT2D eigenvalue weighted by Gasteiger charge is 2.17. The van der Waals surface area contributed by atoms with Crippen LogP contribution in [0.1, 0.15) is 43.2 Å². The molecule has 0 aliphatic rings. The zero-order chi connectivity index (χ0) is 13.8. The summed E-state index contributed by atoms with van der Waals surface area (Å²) in [6.07, 6.45) is 2.49. The highest BCUT2D eigenvalue weighted by atomic mass is 16.1. The van der Waals surface area contributed by atoms with Crippen LogP contribution in [0.25, 0.3) is 0 Å². The van der Waals surface area contributed by atoms with E-state index in [0.717, 1.165) is 12.0 Å². The van der Waals surface area contributed by atoms with Gasteiger partial charge >= 0.3 is 0 Å². The Morgan fingerprint density at radius 2 is 2.17 bits per heavy atom. The molecular weight excluding hydrogens is 226 g/mol. The summed E-state index contributed by atoms with van der Waals surface area (Å²) in [4.78, 5) is 16.0. The topological polar surface area (TPSA) is 68.0 Å². The van der Waals surface area contributed by atoms with Gasteiger partial charge in [0.1, 0.15) is 5.69 Å². The lowest BCUT2D eigenvalue weighted by Crippen LogP contribution is -2.39. The monoisotopic (exact) mass is 249 g/mol. The number of amides is 1. The molecular formula is C14H23N3O. The SMILES string of the molecule is Cc1cccnc1C(=O)NCC(N)CC(C)(C)C. The highest BCUT2D eigenvalue weighted by Crippen LogP contribution is 2.19. The quantitative estimate of drug-likeness (QED) is 0.856. The van der Waals surface area contributed by atoms with Crippen LogP contribution in [0.15, 0.2) is 18.3 Å². The summed E-state index contributed by atoms with van der Waals surface area (Å²) >= 11 is 0. The smallest absolute Gasteiger partial charge is 0.270 e. The molecule has 0 aliphatic heterocycles. The standard InChI is InChI=1S/C14H23N3O/c1-10-6-5-7-16-12(10)13(18)17-9-11(15)8-14(2,3)4/h5-7,11H,8-9,15H2,1-4H3,(H,17,18). The van der Waals surface area contributed by atoms with E-state index >= 15 is 0 Å². The van der Waals surface area contributed by atoms with Crippen LogP contribution in [0, 0.1) is 12.3 Å². The van der Waals surface area contributed by atoms with Gasteiger partial charge in [0.2, 0.25) is 0 Å². The van der Waals surface area contributed by atoms with Gasteiger partial charge in [-0.1, -0.05) is 26.8 Å². The highest BCUT2D eigenvalue weighted by molar-refractivity contribution is 5.93. The van der Waals surface area contributed by atoms with Crippen LogP contribution in [0.4, 0.5) is 0 Å². The predicted octanol–water partition coefficient (Wildman–Crippen LogP) is 1.88. The summed E-state index contributed by atoms with van der Waals surface area (Å²) in [5.74, 6) is -0.155. The molecule has 4 heteroatoms. The first-order valence-electron chi connectivity index (χ1n) is 6.25. The normalized spacial score (nSPS) is 13.2. The third kappa shape index (κ3) is 4.84. The van der Waals surface area contributed by atoms with Crippen molar-refractivity contribution in [1.29, 1.82) is 0 Å². The van der Waals surface area contributed by atoms with Gasteiger partial charge in [0.15, 0.2) is 0 Å². The van der Waals surface area contributed by atoms with E-state index in [1.807, 2.05) is 19.1 Å². The van der Waals surface area contributed by atoms with Crippen molar-refractivity contribution in [3.8, 4) is 0 Å². The maximum atomic E-state index is 11.9. The van der Waals surface area contributed by atoms with Gasteiger partial charge in [0.05, 0.1) is 0 Å². The first-order valence-corrected chi connectivity index (χ1v) is 6.25. The largest absolute Gasteiger partial charge is 0.349 e. The Morgan fingerprint density at radius 1 is 1.50 bits per heavy atom. The Kier molecular flexibility index (Phi) is 4.84. The molecule has 1 heterocycles. The first kappa shape index (κ1) is 14.6. The molecule has 0 saturated carbocycles. The lowest BCUT2D eigenvalue weighted by Gasteiger charge is -2.23. The van der Waals surface area contributed by atoms with E-state index < -0.39 is 0 Å². The molecule has 1 rings (SSSR count). The van der Waals surface area contributed by atoms with Gasteiger partial charge in [0.25, 0.3) is 5.91 Å². The molecule has 1 amide bonds. The van der Waals surface area contributed by atoms with Crippen molar-refractivity contribution in [1.82, 2.24) is 10.3 Å². The van der Waals surface area contributed by atoms with Crippen LogP contribution >= 0.6 is 0 Å². The Morgan fingerprint density at radius 3 is 2.72 bits per heavy atom. The van der Waals surface area contributed by atoms with Crippen molar-refractivity contribution in [2.24, 2.45) is 11.1 Å². The first-order chi connectivity index (χ1) is 8.29. The fourth-order valence-corrected chi connectivity index (χ4v) is 1.89. The van der Waals surface area contributed by atoms with Crippen molar-refractivity contribution >= 4 is 5.91 Å². The number of nitrogens with zero attached hydrogens (tertiary/aromatic N) is 1. The Labute approximate surface area is 109 Å². The molecule has 4 nitrogen and oxygen atoms in total. The number of nitrogens with one attached hydrogen (secondary N) is 1. The zero-order valence-electron chi connectivity index (χ0n) is 11.7. The molecule has 100 valence electrons. The van der Waals surface area contributed by atoms with E-state index in [-0.39, 0.29) is 17.4 Å². The minimum Gasteiger partial charge on any atom is -0.349 e. The summed E-state index contributed by atoms with van der Waals surface area (Å²) in [7, 11) is 0. The molecule has 0 aliphatic carbocycles. The maximum absolute atomic E-state index is 11.9. The molecule has 0 bridgehead atoms. The number of aromatic nitrogens is 1. The van der Waals surface area contributed by atoms with E-state index in [2.05, 4.69) is 31.1 Å². The van der Waals surface area contributed by atoms with E-state index in [4.69, 9.17) is 5.73 Å². The number of pyridine rings is 1. The number of hydrogen-bond donors (Lipinski definition) is 2. The Balaban J connectivity index is 2.50. The number of nitrogens with two attached hydrogens (primary N) is 1. The average Bonchev–Trinajstić information content (AvgIpc) is 2.24. The van der Waals surface area contributed by atoms with E-state index in [1.54, 1.807) is 6.20 Å². The summed E-state index contributed by atoms with van der Waals surface area (Å²) in [5, 5.41) is 2.84.